The van der Waals surface area contributed by atoms with E-state index >= 15 is 0 Å². The average molecular weight is 285 g/mol. The van der Waals surface area contributed by atoms with Gasteiger partial charge in [0.2, 0.25) is 0 Å². The molecule has 0 spiro atoms. The molecule has 0 saturated heterocycles. The lowest BCUT2D eigenvalue weighted by atomic mass is 9.97. The Morgan fingerprint density at radius 2 is 2.10 bits per heavy atom. The summed E-state index contributed by atoms with van der Waals surface area (Å²) >= 11 is 5.06. The first kappa shape index (κ1) is 12.9. The van der Waals surface area contributed by atoms with Gasteiger partial charge < -0.3 is 10.1 Å². The maximum Gasteiger partial charge on any atom is 0.186 e. The van der Waals surface area contributed by atoms with Crippen LogP contribution in [0, 0.1) is 0 Å². The molecular formula is C15H15N3OS. The summed E-state index contributed by atoms with van der Waals surface area (Å²) in [5.41, 5.74) is 4.89. The van der Waals surface area contributed by atoms with Crippen LogP contribution in [0.15, 0.2) is 41.5 Å². The van der Waals surface area contributed by atoms with Gasteiger partial charge >= 0.3 is 0 Å². The fraction of sp³-hybridized carbons (Fsp3) is 0.200. The highest BCUT2D eigenvalue weighted by atomic mass is 32.1. The third-order valence-electron chi connectivity index (χ3n) is 3.30. The largest absolute Gasteiger partial charge is 0.492 e. The third kappa shape index (κ3) is 2.32. The van der Waals surface area contributed by atoms with Gasteiger partial charge in [0.15, 0.2) is 5.11 Å². The number of thiocarbonyl (C=S) groups is 1. The Bertz CT molecular complexity index is 697. The Labute approximate surface area is 122 Å². The van der Waals surface area contributed by atoms with Crippen LogP contribution in [0.4, 0.5) is 0 Å². The summed E-state index contributed by atoms with van der Waals surface area (Å²) in [4.78, 5) is 0. The van der Waals surface area contributed by atoms with Gasteiger partial charge in [-0.05, 0) is 29.1 Å². The van der Waals surface area contributed by atoms with Crippen LogP contribution in [0.3, 0.4) is 0 Å². The summed E-state index contributed by atoms with van der Waals surface area (Å²) in [6.45, 7) is 0.637. The van der Waals surface area contributed by atoms with Crippen molar-refractivity contribution >= 4 is 33.8 Å². The molecule has 0 aliphatic carbocycles. The first-order valence-corrected chi connectivity index (χ1v) is 6.89. The SMILES string of the molecule is CNC(=S)NN=C1CCOc2ccc3ccccc3c21. The first-order valence-electron chi connectivity index (χ1n) is 6.49. The number of hydrogen-bond donors (Lipinski definition) is 2. The van der Waals surface area contributed by atoms with Gasteiger partial charge in [0.1, 0.15) is 5.75 Å². The number of hydrazone groups is 1. The zero-order chi connectivity index (χ0) is 13.9. The van der Waals surface area contributed by atoms with Crippen LogP contribution in [0.1, 0.15) is 12.0 Å². The number of nitrogens with one attached hydrogen (secondary N) is 2. The minimum atomic E-state index is 0.505. The molecule has 0 radical (unpaired) electrons. The Hall–Kier alpha value is -2.14. The van der Waals surface area contributed by atoms with Crippen LogP contribution in [0.2, 0.25) is 0 Å². The molecule has 102 valence electrons. The minimum absolute atomic E-state index is 0.505. The summed E-state index contributed by atoms with van der Waals surface area (Å²) in [7, 11) is 1.77. The predicted molar refractivity (Wildman–Crippen MR) is 85.4 cm³/mol. The quantitative estimate of drug-likeness (QED) is 0.624. The molecular weight excluding hydrogens is 270 g/mol. The fourth-order valence-corrected chi connectivity index (χ4v) is 2.38. The Morgan fingerprint density at radius 3 is 2.95 bits per heavy atom. The number of hydrogen-bond acceptors (Lipinski definition) is 3. The lowest BCUT2D eigenvalue weighted by molar-refractivity contribution is 0.321. The third-order valence-corrected chi connectivity index (χ3v) is 3.59. The van der Waals surface area contributed by atoms with E-state index in [1.165, 1.54) is 5.39 Å². The minimum Gasteiger partial charge on any atom is -0.492 e. The molecule has 1 aliphatic rings. The van der Waals surface area contributed by atoms with Gasteiger partial charge in [-0.25, -0.2) is 0 Å². The molecule has 3 rings (SSSR count). The number of ether oxygens (including phenoxy) is 1. The van der Waals surface area contributed by atoms with Gasteiger partial charge in [-0.1, -0.05) is 30.3 Å². The lowest BCUT2D eigenvalue weighted by Crippen LogP contribution is -2.30. The van der Waals surface area contributed by atoms with E-state index in [0.29, 0.717) is 11.7 Å². The van der Waals surface area contributed by atoms with E-state index in [1.807, 2.05) is 18.2 Å². The summed E-state index contributed by atoms with van der Waals surface area (Å²) in [6, 6.07) is 12.3. The van der Waals surface area contributed by atoms with E-state index in [4.69, 9.17) is 17.0 Å². The molecule has 4 nitrogen and oxygen atoms in total. The van der Waals surface area contributed by atoms with Crippen molar-refractivity contribution in [2.75, 3.05) is 13.7 Å². The molecule has 20 heavy (non-hydrogen) atoms. The highest BCUT2D eigenvalue weighted by Crippen LogP contribution is 2.32. The highest BCUT2D eigenvalue weighted by molar-refractivity contribution is 7.80. The van der Waals surface area contributed by atoms with E-state index in [9.17, 15) is 0 Å². The van der Waals surface area contributed by atoms with Crippen molar-refractivity contribution in [3.63, 3.8) is 0 Å². The van der Waals surface area contributed by atoms with Crippen molar-refractivity contribution < 1.29 is 4.74 Å². The second-order valence-corrected chi connectivity index (χ2v) is 4.92. The topological polar surface area (TPSA) is 45.7 Å². The molecule has 2 aromatic carbocycles. The maximum absolute atomic E-state index is 5.74. The zero-order valence-corrected chi connectivity index (χ0v) is 12.0. The van der Waals surface area contributed by atoms with Gasteiger partial charge in [0.05, 0.1) is 12.3 Å². The van der Waals surface area contributed by atoms with Crippen molar-refractivity contribution in [1.29, 1.82) is 0 Å². The van der Waals surface area contributed by atoms with Crippen molar-refractivity contribution in [3.8, 4) is 5.75 Å². The van der Waals surface area contributed by atoms with Gasteiger partial charge in [0, 0.05) is 19.0 Å². The first-order chi connectivity index (χ1) is 9.79. The standard InChI is InChI=1S/C15H15N3OS/c1-16-15(20)18-17-12-8-9-19-13-7-6-10-4-2-3-5-11(10)14(12)13/h2-7H,8-9H2,1H3,(H2,16,18,20). The lowest BCUT2D eigenvalue weighted by Gasteiger charge is -2.21. The van der Waals surface area contributed by atoms with E-state index in [0.717, 1.165) is 28.8 Å². The van der Waals surface area contributed by atoms with Gasteiger partial charge in [-0.3, -0.25) is 5.43 Å². The van der Waals surface area contributed by atoms with Crippen LogP contribution in [-0.2, 0) is 0 Å². The summed E-state index contributed by atoms with van der Waals surface area (Å²) in [6.07, 6.45) is 0.764. The number of benzene rings is 2. The molecule has 2 aromatic rings. The normalized spacial score (nSPS) is 15.6. The van der Waals surface area contributed by atoms with Gasteiger partial charge in [-0.2, -0.15) is 5.10 Å². The molecule has 2 N–H and O–H groups in total. The van der Waals surface area contributed by atoms with Gasteiger partial charge in [-0.15, -0.1) is 0 Å². The molecule has 0 fully saturated rings. The summed E-state index contributed by atoms with van der Waals surface area (Å²) < 4.78 is 5.74. The molecule has 0 amide bonds. The summed E-state index contributed by atoms with van der Waals surface area (Å²) in [5.74, 6) is 0.880. The summed E-state index contributed by atoms with van der Waals surface area (Å²) in [5, 5.41) is 10.1. The van der Waals surface area contributed by atoms with Crippen molar-refractivity contribution in [2.45, 2.75) is 6.42 Å². The van der Waals surface area contributed by atoms with Crippen LogP contribution < -0.4 is 15.5 Å². The highest BCUT2D eigenvalue weighted by Gasteiger charge is 2.19. The molecule has 0 aromatic heterocycles. The molecule has 5 heteroatoms. The van der Waals surface area contributed by atoms with Crippen LogP contribution in [-0.4, -0.2) is 24.5 Å². The number of rotatable bonds is 1. The van der Waals surface area contributed by atoms with Crippen molar-refractivity contribution in [3.05, 3.63) is 42.0 Å². The van der Waals surface area contributed by atoms with Crippen molar-refractivity contribution in [2.24, 2.45) is 5.10 Å². The van der Waals surface area contributed by atoms with Crippen LogP contribution in [0.25, 0.3) is 10.8 Å². The Kier molecular flexibility index (Phi) is 3.52. The molecule has 0 unspecified atom stereocenters. The molecule has 0 bridgehead atoms. The molecule has 1 aliphatic heterocycles. The van der Waals surface area contributed by atoms with E-state index in [-0.39, 0.29) is 0 Å². The van der Waals surface area contributed by atoms with Crippen LogP contribution in [0.5, 0.6) is 5.75 Å². The van der Waals surface area contributed by atoms with Crippen LogP contribution >= 0.6 is 12.2 Å². The second-order valence-electron chi connectivity index (χ2n) is 4.51. The van der Waals surface area contributed by atoms with E-state index in [1.54, 1.807) is 7.05 Å². The Morgan fingerprint density at radius 1 is 1.25 bits per heavy atom. The zero-order valence-electron chi connectivity index (χ0n) is 11.1. The monoisotopic (exact) mass is 285 g/mol. The maximum atomic E-state index is 5.74. The number of fused-ring (bicyclic) bond motifs is 3. The van der Waals surface area contributed by atoms with E-state index in [2.05, 4.69) is 34.0 Å². The van der Waals surface area contributed by atoms with Crippen molar-refractivity contribution in [1.82, 2.24) is 10.7 Å². The molecule has 0 saturated carbocycles. The van der Waals surface area contributed by atoms with E-state index < -0.39 is 0 Å². The molecule has 1 heterocycles. The van der Waals surface area contributed by atoms with Gasteiger partial charge in [0.25, 0.3) is 0 Å². The smallest absolute Gasteiger partial charge is 0.186 e. The second kappa shape index (κ2) is 5.46. The Balaban J connectivity index is 2.10. The molecule has 0 atom stereocenters. The fourth-order valence-electron chi connectivity index (χ4n) is 2.34. The number of nitrogens with zero attached hydrogens (tertiary/aromatic N) is 1. The average Bonchev–Trinajstić information content (AvgIpc) is 2.52. The predicted octanol–water partition coefficient (Wildman–Crippen LogP) is 2.42.